The molecule has 512 valence electrons. The molecule has 31 heteroatoms. The molecule has 0 fully saturated rings. The molecule has 1 aromatic heterocycles. The number of phenolic OH excluding ortho intramolecular Hbond substituents is 1. The zero-order valence-corrected chi connectivity index (χ0v) is 53.1. The average Bonchev–Trinajstić information content (AvgIpc) is 1.60. The van der Waals surface area contributed by atoms with E-state index in [1.165, 1.54) is 37.4 Å². The second kappa shape index (κ2) is 36.9. The summed E-state index contributed by atoms with van der Waals surface area (Å²) in [5, 5.41) is 86.0. The number of aromatic amines is 1. The Balaban J connectivity index is 1.65. The molecular formula is C63H86N12O19. The quantitative estimate of drug-likeness (QED) is 0.0219. The SMILES string of the molecule is CC(=O)N[C@H](C(=O)N[C@H](C(=O)N[C@@H](Cc1ccccc1)C(=O)N[C@H](C(=O)N[C@@H](CO)C(=O)N[C@@H](Cc1c[nH]c2ccccc12)C(=O)N[C@@H](CCC(=O)O)C(=O)N[C@@H](CCC(=O)O)C(=O)N[C@@H](Cc1ccc(O)cc1)C(=O)N[C@@H](CC(C)C)C(N)=O)[C@@H](C)O)C(C)C)[C@@H](C)O. The number of phenols is 1. The van der Waals surface area contributed by atoms with Crippen LogP contribution in [0.15, 0.2) is 85.1 Å². The lowest BCUT2D eigenvalue weighted by Crippen LogP contribution is -2.63. The van der Waals surface area contributed by atoms with Crippen molar-refractivity contribution in [3.63, 3.8) is 0 Å². The van der Waals surface area contributed by atoms with Crippen LogP contribution >= 0.6 is 0 Å². The molecule has 0 aliphatic rings. The maximum absolute atomic E-state index is 14.7. The third-order valence-corrected chi connectivity index (χ3v) is 14.8. The number of carbonyl (C=O) groups is 13. The van der Waals surface area contributed by atoms with Gasteiger partial charge in [0.25, 0.3) is 0 Å². The third kappa shape index (κ3) is 24.6. The van der Waals surface area contributed by atoms with E-state index in [1.807, 2.05) is 0 Å². The van der Waals surface area contributed by atoms with E-state index in [4.69, 9.17) is 5.73 Å². The van der Waals surface area contributed by atoms with Crippen molar-refractivity contribution in [2.45, 2.75) is 172 Å². The Morgan fingerprint density at radius 3 is 1.33 bits per heavy atom. The number of rotatable bonds is 38. The molecule has 0 saturated carbocycles. The number of hydrogen-bond donors (Lipinski definition) is 18. The van der Waals surface area contributed by atoms with Gasteiger partial charge >= 0.3 is 11.9 Å². The van der Waals surface area contributed by atoms with Crippen molar-refractivity contribution in [1.29, 1.82) is 0 Å². The Hall–Kier alpha value is -10.0. The van der Waals surface area contributed by atoms with Gasteiger partial charge in [0, 0.05) is 56.1 Å². The van der Waals surface area contributed by atoms with Gasteiger partial charge < -0.3 is 94.5 Å². The summed E-state index contributed by atoms with van der Waals surface area (Å²) in [6.07, 6.45) is -5.30. The highest BCUT2D eigenvalue weighted by atomic mass is 16.4. The van der Waals surface area contributed by atoms with E-state index in [1.54, 1.807) is 82.3 Å². The van der Waals surface area contributed by atoms with Crippen molar-refractivity contribution >= 4 is 87.8 Å². The zero-order valence-electron chi connectivity index (χ0n) is 53.1. The summed E-state index contributed by atoms with van der Waals surface area (Å²) in [5.74, 6) is -15.2. The van der Waals surface area contributed by atoms with E-state index >= 15 is 0 Å². The van der Waals surface area contributed by atoms with Gasteiger partial charge in [-0.15, -0.1) is 0 Å². The van der Waals surface area contributed by atoms with Crippen LogP contribution in [0.5, 0.6) is 5.75 Å². The maximum Gasteiger partial charge on any atom is 0.303 e. The van der Waals surface area contributed by atoms with Crippen LogP contribution < -0.4 is 58.9 Å². The monoisotopic (exact) mass is 1310 g/mol. The van der Waals surface area contributed by atoms with Gasteiger partial charge in [-0.3, -0.25) is 62.3 Å². The molecule has 94 heavy (non-hydrogen) atoms. The number of fused-ring (bicyclic) bond motifs is 1. The van der Waals surface area contributed by atoms with Crippen LogP contribution in [0.25, 0.3) is 10.9 Å². The highest BCUT2D eigenvalue weighted by Crippen LogP contribution is 2.20. The third-order valence-electron chi connectivity index (χ3n) is 14.8. The number of benzene rings is 3. The van der Waals surface area contributed by atoms with Gasteiger partial charge in [0.1, 0.15) is 66.2 Å². The Morgan fingerprint density at radius 1 is 0.457 bits per heavy atom. The number of nitrogens with two attached hydrogens (primary N) is 1. The Kier molecular flexibility index (Phi) is 30.0. The summed E-state index contributed by atoms with van der Waals surface area (Å²) in [6.45, 7) is 8.96. The number of aliphatic carboxylic acids is 2. The number of carboxylic acid groups (broad SMARTS) is 2. The summed E-state index contributed by atoms with van der Waals surface area (Å²) < 4.78 is 0. The first kappa shape index (κ1) is 76.4. The van der Waals surface area contributed by atoms with Gasteiger partial charge in [0.05, 0.1) is 18.8 Å². The standard InChI is InChI=1S/C63H86N12O19/c1-31(2)25-44(54(64)85)69-57(88)45(27-37-17-19-39(80)20-18-37)70-56(87)43(22-24-50(83)84)67-55(86)42(21-23-49(81)82)68-58(89)47(28-38-29-65-41-16-12-11-15-40(38)41)71-60(91)48(30-76)73-62(93)53(34(6)78)75-59(90)46(26-36-13-9-8-10-14-36)72-61(92)51(32(3)4)74-63(94)52(33(5)77)66-35(7)79/h8-20,29,31-34,42-48,51-53,65,76-78,80H,21-28,30H2,1-7H3,(H2,64,85)(H,66,79)(H,67,86)(H,68,89)(H,69,88)(H,70,87)(H,71,91)(H,72,92)(H,73,93)(H,74,94)(H,75,90)(H,81,82)(H,83,84)/t33-,34-,42+,43+,44+,45+,46+,47+,48+,51+,52+,53+/m1/s1. The number of aliphatic hydroxyl groups excluding tert-OH is 3. The van der Waals surface area contributed by atoms with Gasteiger partial charge in [-0.2, -0.15) is 0 Å². The zero-order chi connectivity index (χ0) is 70.1. The number of amides is 11. The molecule has 0 unspecified atom stereocenters. The molecule has 0 radical (unpaired) electrons. The van der Waals surface area contributed by atoms with E-state index in [0.717, 1.165) is 13.8 Å². The first-order valence-electron chi connectivity index (χ1n) is 30.4. The molecule has 0 saturated heterocycles. The maximum atomic E-state index is 14.7. The number of aliphatic hydroxyl groups is 3. The Labute approximate surface area is 541 Å². The van der Waals surface area contributed by atoms with E-state index in [2.05, 4.69) is 58.2 Å². The summed E-state index contributed by atoms with van der Waals surface area (Å²) in [5.41, 5.74) is 7.44. The lowest BCUT2D eigenvalue weighted by molar-refractivity contribution is -0.140. The summed E-state index contributed by atoms with van der Waals surface area (Å²) in [7, 11) is 0. The number of hydrogen-bond acceptors (Lipinski definition) is 17. The number of H-pyrrole nitrogens is 1. The van der Waals surface area contributed by atoms with E-state index < -0.39 is 194 Å². The molecule has 12 atom stereocenters. The lowest BCUT2D eigenvalue weighted by atomic mass is 9.99. The van der Waals surface area contributed by atoms with Crippen LogP contribution in [-0.2, 0) is 81.6 Å². The van der Waals surface area contributed by atoms with Gasteiger partial charge in [-0.25, -0.2) is 0 Å². The number of carboxylic acids is 2. The number of aromatic hydroxyl groups is 1. The summed E-state index contributed by atoms with van der Waals surface area (Å²) in [4.78, 5) is 178. The highest BCUT2D eigenvalue weighted by Gasteiger charge is 2.38. The normalized spacial score (nSPS) is 15.1. The van der Waals surface area contributed by atoms with Crippen molar-refractivity contribution in [2.24, 2.45) is 17.6 Å². The molecule has 11 amide bonds. The molecule has 0 bridgehead atoms. The average molecular weight is 1320 g/mol. The van der Waals surface area contributed by atoms with Gasteiger partial charge in [0.15, 0.2) is 0 Å². The minimum Gasteiger partial charge on any atom is -0.508 e. The molecule has 0 spiro atoms. The highest BCUT2D eigenvalue weighted by molar-refractivity contribution is 6.00. The van der Waals surface area contributed by atoms with Gasteiger partial charge in [-0.1, -0.05) is 88.4 Å². The van der Waals surface area contributed by atoms with Crippen molar-refractivity contribution in [1.82, 2.24) is 58.2 Å². The summed E-state index contributed by atoms with van der Waals surface area (Å²) >= 11 is 0. The number of nitrogens with one attached hydrogen (secondary N) is 11. The van der Waals surface area contributed by atoms with Crippen molar-refractivity contribution in [2.75, 3.05) is 6.61 Å². The fourth-order valence-corrected chi connectivity index (χ4v) is 9.80. The first-order valence-corrected chi connectivity index (χ1v) is 30.4. The van der Waals surface area contributed by atoms with E-state index in [9.17, 15) is 93.0 Å². The first-order chi connectivity index (χ1) is 44.3. The molecule has 3 aromatic carbocycles. The van der Waals surface area contributed by atoms with Crippen molar-refractivity contribution in [3.8, 4) is 5.75 Å². The number of para-hydroxylation sites is 1. The van der Waals surface area contributed by atoms with Gasteiger partial charge in [-0.05, 0) is 79.8 Å². The molecule has 0 aliphatic heterocycles. The predicted molar refractivity (Wildman–Crippen MR) is 337 cm³/mol. The molecular weight excluding hydrogens is 1230 g/mol. The van der Waals surface area contributed by atoms with Crippen LogP contribution in [0.4, 0.5) is 0 Å². The Morgan fingerprint density at radius 2 is 0.851 bits per heavy atom. The second-order valence-corrected chi connectivity index (χ2v) is 23.5. The number of carbonyl (C=O) groups excluding carboxylic acids is 11. The number of aromatic nitrogens is 1. The van der Waals surface area contributed by atoms with Crippen LogP contribution in [0.1, 0.15) is 97.3 Å². The fourth-order valence-electron chi connectivity index (χ4n) is 9.80. The topological polar surface area (TPSA) is 505 Å². The molecule has 4 aromatic rings. The van der Waals surface area contributed by atoms with Crippen molar-refractivity contribution in [3.05, 3.63) is 102 Å². The summed E-state index contributed by atoms with van der Waals surface area (Å²) in [6, 6.07) is 4.00. The van der Waals surface area contributed by atoms with E-state index in [0.29, 0.717) is 27.6 Å². The van der Waals surface area contributed by atoms with Gasteiger partial charge in [0.2, 0.25) is 65.0 Å². The van der Waals surface area contributed by atoms with Crippen LogP contribution in [0.2, 0.25) is 0 Å². The second-order valence-electron chi connectivity index (χ2n) is 23.5. The lowest BCUT2D eigenvalue weighted by Gasteiger charge is -2.29. The Bertz CT molecular complexity index is 3300. The smallest absolute Gasteiger partial charge is 0.303 e. The predicted octanol–water partition coefficient (Wildman–Crippen LogP) is -2.56. The van der Waals surface area contributed by atoms with Crippen LogP contribution in [-0.4, -0.2) is 192 Å². The van der Waals surface area contributed by atoms with Crippen molar-refractivity contribution < 1.29 is 93.0 Å². The van der Waals surface area contributed by atoms with Crippen LogP contribution in [0.3, 0.4) is 0 Å². The largest absolute Gasteiger partial charge is 0.508 e. The van der Waals surface area contributed by atoms with Crippen LogP contribution in [0, 0.1) is 11.8 Å². The molecule has 31 nitrogen and oxygen atoms in total. The van der Waals surface area contributed by atoms with E-state index in [-0.39, 0.29) is 30.9 Å². The minimum absolute atomic E-state index is 0.102. The minimum atomic E-state index is -1.97. The number of primary amides is 1. The molecule has 0 aliphatic carbocycles. The fraction of sp³-hybridized carbons (Fsp3) is 0.476. The molecule has 19 N–H and O–H groups in total. The molecule has 1 heterocycles. The molecule has 4 rings (SSSR count).